The quantitative estimate of drug-likeness (QED) is 0.594. The first kappa shape index (κ1) is 20.3. The van der Waals surface area contributed by atoms with Crippen LogP contribution in [0.3, 0.4) is 0 Å². The molecule has 146 valence electrons. The van der Waals surface area contributed by atoms with Gasteiger partial charge in [0.15, 0.2) is 18.2 Å². The van der Waals surface area contributed by atoms with E-state index in [0.29, 0.717) is 5.69 Å². The normalized spacial score (nSPS) is 11.7. The average Bonchev–Trinajstić information content (AvgIpc) is 3.07. The van der Waals surface area contributed by atoms with Crippen LogP contribution in [0.4, 0.5) is 8.78 Å². The number of nitrogens with zero attached hydrogens (tertiary/aromatic N) is 1. The molecular formula is C17H19F2N3O5. The third kappa shape index (κ3) is 6.66. The minimum atomic E-state index is -1.08. The molecule has 8 nitrogen and oxygen atoms in total. The van der Waals surface area contributed by atoms with E-state index in [4.69, 9.17) is 9.26 Å². The number of amides is 2. The van der Waals surface area contributed by atoms with E-state index in [0.717, 1.165) is 12.1 Å². The molecule has 0 aliphatic rings. The van der Waals surface area contributed by atoms with Crippen LogP contribution in [0, 0.1) is 18.6 Å². The Morgan fingerprint density at radius 1 is 1.26 bits per heavy atom. The third-order valence-electron chi connectivity index (χ3n) is 3.41. The lowest BCUT2D eigenvalue weighted by molar-refractivity contribution is -0.123. The summed E-state index contributed by atoms with van der Waals surface area (Å²) in [5.74, 6) is -3.00. The molecule has 0 radical (unpaired) electrons. The zero-order chi connectivity index (χ0) is 19.8. The molecule has 3 N–H and O–H groups in total. The fraction of sp³-hybridized carbons (Fsp3) is 0.353. The average molecular weight is 383 g/mol. The van der Waals surface area contributed by atoms with Crippen molar-refractivity contribution < 1.29 is 32.7 Å². The molecular weight excluding hydrogens is 364 g/mol. The molecule has 0 fully saturated rings. The number of hydrogen-bond acceptors (Lipinski definition) is 6. The van der Waals surface area contributed by atoms with E-state index in [2.05, 4.69) is 15.8 Å². The summed E-state index contributed by atoms with van der Waals surface area (Å²) in [4.78, 5) is 23.3. The molecule has 0 saturated carbocycles. The molecule has 27 heavy (non-hydrogen) atoms. The van der Waals surface area contributed by atoms with Crippen molar-refractivity contribution in [3.63, 3.8) is 0 Å². The van der Waals surface area contributed by atoms with Gasteiger partial charge in [-0.05, 0) is 25.5 Å². The molecule has 1 heterocycles. The molecule has 0 saturated heterocycles. The molecule has 0 aliphatic heterocycles. The standard InChI is InChI=1S/C17H19F2N3O5/c1-10-6-15(27-22-10)17(25)20-5-4-11(23)8-21-16(24)9-26-12-2-3-13(18)14(19)7-12/h2-3,6-7,11,23H,4-5,8-9H2,1H3,(H,20,25)(H,21,24). The summed E-state index contributed by atoms with van der Waals surface area (Å²) in [6.45, 7) is 1.38. The van der Waals surface area contributed by atoms with E-state index in [1.807, 2.05) is 0 Å². The number of rotatable bonds is 9. The monoisotopic (exact) mass is 383 g/mol. The van der Waals surface area contributed by atoms with Crippen molar-refractivity contribution in [2.75, 3.05) is 19.7 Å². The predicted octanol–water partition coefficient (Wildman–Crippen LogP) is 0.937. The second-order valence-corrected chi connectivity index (χ2v) is 5.70. The van der Waals surface area contributed by atoms with Gasteiger partial charge in [-0.1, -0.05) is 5.16 Å². The summed E-state index contributed by atoms with van der Waals surface area (Å²) in [5.41, 5.74) is 0.577. The number of aliphatic hydroxyl groups is 1. The van der Waals surface area contributed by atoms with Gasteiger partial charge in [-0.25, -0.2) is 8.78 Å². The number of benzene rings is 1. The first-order chi connectivity index (χ1) is 12.8. The van der Waals surface area contributed by atoms with Crippen LogP contribution in [0.5, 0.6) is 5.75 Å². The highest BCUT2D eigenvalue weighted by atomic mass is 19.2. The van der Waals surface area contributed by atoms with Crippen molar-refractivity contribution in [1.82, 2.24) is 15.8 Å². The maximum absolute atomic E-state index is 13.0. The number of carbonyl (C=O) groups excluding carboxylic acids is 2. The molecule has 1 atom stereocenters. The maximum Gasteiger partial charge on any atom is 0.289 e. The van der Waals surface area contributed by atoms with E-state index < -0.39 is 36.2 Å². The van der Waals surface area contributed by atoms with Gasteiger partial charge < -0.3 is 25.0 Å². The lowest BCUT2D eigenvalue weighted by atomic mass is 10.2. The highest BCUT2D eigenvalue weighted by molar-refractivity contribution is 5.91. The van der Waals surface area contributed by atoms with Gasteiger partial charge in [0.2, 0.25) is 5.76 Å². The van der Waals surface area contributed by atoms with Crippen molar-refractivity contribution >= 4 is 11.8 Å². The summed E-state index contributed by atoms with van der Waals surface area (Å²) < 4.78 is 35.6. The number of ether oxygens (including phenoxy) is 1. The minimum Gasteiger partial charge on any atom is -0.484 e. The van der Waals surface area contributed by atoms with Crippen LogP contribution in [0.2, 0.25) is 0 Å². The van der Waals surface area contributed by atoms with Crippen molar-refractivity contribution in [1.29, 1.82) is 0 Å². The largest absolute Gasteiger partial charge is 0.484 e. The van der Waals surface area contributed by atoms with Crippen LogP contribution in [-0.2, 0) is 4.79 Å². The Hall–Kier alpha value is -3.01. The first-order valence-corrected chi connectivity index (χ1v) is 8.09. The van der Waals surface area contributed by atoms with E-state index in [1.54, 1.807) is 6.92 Å². The molecule has 10 heteroatoms. The molecule has 2 aromatic rings. The summed E-state index contributed by atoms with van der Waals surface area (Å²) in [6, 6.07) is 4.40. The molecule has 0 bridgehead atoms. The Morgan fingerprint density at radius 2 is 2.04 bits per heavy atom. The van der Waals surface area contributed by atoms with Crippen molar-refractivity contribution in [2.24, 2.45) is 0 Å². The highest BCUT2D eigenvalue weighted by Crippen LogP contribution is 2.15. The molecule has 1 unspecified atom stereocenters. The van der Waals surface area contributed by atoms with E-state index in [9.17, 15) is 23.5 Å². The topological polar surface area (TPSA) is 114 Å². The van der Waals surface area contributed by atoms with Crippen LogP contribution < -0.4 is 15.4 Å². The number of hydrogen-bond donors (Lipinski definition) is 3. The SMILES string of the molecule is Cc1cc(C(=O)NCCC(O)CNC(=O)COc2ccc(F)c(F)c2)on1. The Balaban J connectivity index is 1.61. The highest BCUT2D eigenvalue weighted by Gasteiger charge is 2.13. The molecule has 1 aromatic carbocycles. The van der Waals surface area contributed by atoms with Crippen molar-refractivity contribution in [3.8, 4) is 5.75 Å². The second-order valence-electron chi connectivity index (χ2n) is 5.70. The number of aryl methyl sites for hydroxylation is 1. The number of halogens is 2. The Bertz CT molecular complexity index is 797. The molecule has 0 spiro atoms. The van der Waals surface area contributed by atoms with Gasteiger partial charge in [-0.15, -0.1) is 0 Å². The smallest absolute Gasteiger partial charge is 0.289 e. The first-order valence-electron chi connectivity index (χ1n) is 8.09. The Kier molecular flexibility index (Phi) is 7.24. The fourth-order valence-electron chi connectivity index (χ4n) is 2.01. The molecule has 0 aliphatic carbocycles. The van der Waals surface area contributed by atoms with Gasteiger partial charge in [0.05, 0.1) is 11.8 Å². The lowest BCUT2D eigenvalue weighted by Gasteiger charge is -2.12. The Morgan fingerprint density at radius 3 is 2.70 bits per heavy atom. The van der Waals surface area contributed by atoms with Crippen molar-refractivity contribution in [3.05, 3.63) is 47.4 Å². The summed E-state index contributed by atoms with van der Waals surface area (Å²) >= 11 is 0. The fourth-order valence-corrected chi connectivity index (χ4v) is 2.01. The van der Waals surface area contributed by atoms with Crippen LogP contribution in [-0.4, -0.2) is 47.9 Å². The van der Waals surface area contributed by atoms with Crippen LogP contribution >= 0.6 is 0 Å². The van der Waals surface area contributed by atoms with E-state index in [1.165, 1.54) is 12.1 Å². The zero-order valence-corrected chi connectivity index (χ0v) is 14.5. The molecule has 1 aromatic heterocycles. The Labute approximate surface area is 153 Å². The van der Waals surface area contributed by atoms with Crippen LogP contribution in [0.15, 0.2) is 28.8 Å². The van der Waals surface area contributed by atoms with Gasteiger partial charge in [0.1, 0.15) is 5.75 Å². The van der Waals surface area contributed by atoms with Gasteiger partial charge in [0.25, 0.3) is 11.8 Å². The number of aliphatic hydroxyl groups excluding tert-OH is 1. The molecule has 2 rings (SSSR count). The third-order valence-corrected chi connectivity index (χ3v) is 3.41. The van der Waals surface area contributed by atoms with Crippen LogP contribution in [0.25, 0.3) is 0 Å². The van der Waals surface area contributed by atoms with Gasteiger partial charge in [-0.2, -0.15) is 0 Å². The van der Waals surface area contributed by atoms with Crippen molar-refractivity contribution in [2.45, 2.75) is 19.4 Å². The van der Waals surface area contributed by atoms with E-state index in [-0.39, 0.29) is 31.0 Å². The predicted molar refractivity (Wildman–Crippen MR) is 89.1 cm³/mol. The van der Waals surface area contributed by atoms with Gasteiger partial charge in [0, 0.05) is 25.2 Å². The summed E-state index contributed by atoms with van der Waals surface area (Å²) in [7, 11) is 0. The van der Waals surface area contributed by atoms with Gasteiger partial charge in [-0.3, -0.25) is 9.59 Å². The van der Waals surface area contributed by atoms with E-state index >= 15 is 0 Å². The summed E-state index contributed by atoms with van der Waals surface area (Å²) in [6.07, 6.45) is -0.697. The molecule has 2 amide bonds. The number of carbonyl (C=O) groups is 2. The lowest BCUT2D eigenvalue weighted by Crippen LogP contribution is -2.37. The zero-order valence-electron chi connectivity index (χ0n) is 14.5. The maximum atomic E-state index is 13.0. The van der Waals surface area contributed by atoms with Crippen LogP contribution in [0.1, 0.15) is 22.7 Å². The number of aromatic nitrogens is 1. The number of nitrogens with one attached hydrogen (secondary N) is 2. The second kappa shape index (κ2) is 9.62. The van der Waals surface area contributed by atoms with Gasteiger partial charge >= 0.3 is 0 Å². The minimum absolute atomic E-state index is 0.00923. The summed E-state index contributed by atoms with van der Waals surface area (Å²) in [5, 5.41) is 18.4.